The molecule has 1 fully saturated rings. The monoisotopic (exact) mass is 700 g/mol. The minimum absolute atomic E-state index is 0.0112. The number of rotatable bonds is 9. The van der Waals surface area contributed by atoms with Crippen molar-refractivity contribution < 1.29 is 36.7 Å². The van der Waals surface area contributed by atoms with Crippen molar-refractivity contribution in [1.82, 2.24) is 19.4 Å². The van der Waals surface area contributed by atoms with Gasteiger partial charge < -0.3 is 24.8 Å². The van der Waals surface area contributed by atoms with Gasteiger partial charge in [0.2, 0.25) is 5.91 Å². The van der Waals surface area contributed by atoms with E-state index in [0.29, 0.717) is 39.2 Å². The first-order valence-corrected chi connectivity index (χ1v) is 15.9. The van der Waals surface area contributed by atoms with Gasteiger partial charge in [0.1, 0.15) is 29.1 Å². The van der Waals surface area contributed by atoms with Gasteiger partial charge in [-0.2, -0.15) is 13.2 Å². The zero-order chi connectivity index (χ0) is 35.4. The molecule has 0 bridgehead atoms. The molecule has 258 valence electrons. The molecule has 0 spiro atoms. The van der Waals surface area contributed by atoms with Crippen LogP contribution >= 0.6 is 11.6 Å². The second-order valence-electron chi connectivity index (χ2n) is 13.2. The minimum atomic E-state index is -4.57. The highest BCUT2D eigenvalue weighted by molar-refractivity contribution is 6.33. The maximum absolute atomic E-state index is 13.8. The fourth-order valence-electron chi connectivity index (χ4n) is 6.07. The first-order chi connectivity index (χ1) is 23.0. The van der Waals surface area contributed by atoms with E-state index in [1.807, 2.05) is 6.07 Å². The highest BCUT2D eigenvalue weighted by Gasteiger charge is 2.36. The number of ether oxygens (including phenoxy) is 1. The molecular weight excluding hydrogens is 668 g/mol. The Bertz CT molecular complexity index is 1970. The quantitative estimate of drug-likeness (QED) is 0.170. The summed E-state index contributed by atoms with van der Waals surface area (Å²) >= 11 is 6.38. The lowest BCUT2D eigenvalue weighted by Crippen LogP contribution is -2.48. The molecule has 2 amide bonds. The van der Waals surface area contributed by atoms with Gasteiger partial charge in [0, 0.05) is 34.7 Å². The van der Waals surface area contributed by atoms with Gasteiger partial charge in [-0.3, -0.25) is 14.4 Å². The second-order valence-corrected chi connectivity index (χ2v) is 13.6. The zero-order valence-corrected chi connectivity index (χ0v) is 27.6. The molecule has 2 N–H and O–H groups in total. The van der Waals surface area contributed by atoms with E-state index in [1.54, 1.807) is 54.8 Å². The van der Waals surface area contributed by atoms with E-state index < -0.39 is 41.4 Å². The fraction of sp³-hybridized carbons (Fsp3) is 0.382. The number of amides is 2. The van der Waals surface area contributed by atoms with Crippen LogP contribution in [-0.4, -0.2) is 68.1 Å². The lowest BCUT2D eigenvalue weighted by Gasteiger charge is -2.35. The number of nitrogens with zero attached hydrogens (tertiary/aromatic N) is 5. The summed E-state index contributed by atoms with van der Waals surface area (Å²) in [6, 6.07) is 8.96. The van der Waals surface area contributed by atoms with E-state index in [-0.39, 0.29) is 50.0 Å². The molecule has 4 aromatic rings. The van der Waals surface area contributed by atoms with Crippen molar-refractivity contribution >= 4 is 46.4 Å². The second kappa shape index (κ2) is 12.6. The Morgan fingerprint density at radius 3 is 2.41 bits per heavy atom. The van der Waals surface area contributed by atoms with Crippen molar-refractivity contribution in [3.8, 4) is 11.1 Å². The molecule has 4 heterocycles. The summed E-state index contributed by atoms with van der Waals surface area (Å²) in [5.74, 6) is -1.19. The van der Waals surface area contributed by atoms with Gasteiger partial charge in [0.05, 0.1) is 31.5 Å². The standard InChI is InChI=1S/C34H33ClF4N6O4/c1-33(2,3)49-28(46)9-8-26(30(40)47)45-14-19-10-18(4-6-22(19)32(45)48)13-44-17-41-29-24(12-27(42-31(29)44)43-15-21(36)16-43)23-7-5-20(11-25(23)35)34(37,38)39/h4-7,10-12,17,21,26H,8-9,13-16H2,1-3H3,(H2,40,47)/t26-/m0/s1. The molecule has 6 rings (SSSR count). The minimum Gasteiger partial charge on any atom is -0.460 e. The van der Waals surface area contributed by atoms with Crippen molar-refractivity contribution in [2.24, 2.45) is 5.73 Å². The molecule has 1 saturated heterocycles. The third-order valence-corrected chi connectivity index (χ3v) is 8.72. The molecule has 0 radical (unpaired) electrons. The number of aromatic nitrogens is 3. The predicted molar refractivity (Wildman–Crippen MR) is 174 cm³/mol. The van der Waals surface area contributed by atoms with E-state index >= 15 is 0 Å². The lowest BCUT2D eigenvalue weighted by atomic mass is 10.0. The number of alkyl halides is 4. The Balaban J connectivity index is 1.28. The largest absolute Gasteiger partial charge is 0.460 e. The number of esters is 1. The van der Waals surface area contributed by atoms with E-state index in [0.717, 1.165) is 17.7 Å². The van der Waals surface area contributed by atoms with Crippen LogP contribution in [0, 0.1) is 0 Å². The van der Waals surface area contributed by atoms with Crippen molar-refractivity contribution in [3.63, 3.8) is 0 Å². The lowest BCUT2D eigenvalue weighted by molar-refractivity contribution is -0.155. The SMILES string of the molecule is CC(C)(C)OC(=O)CC[C@@H](C(N)=O)N1Cc2cc(Cn3cnc4c(-c5ccc(C(F)(F)F)cc5Cl)cc(N5CC(F)C5)nc43)ccc2C1=O. The molecule has 2 aromatic carbocycles. The van der Waals surface area contributed by atoms with Crippen LogP contribution < -0.4 is 10.6 Å². The number of anilines is 1. The van der Waals surface area contributed by atoms with Gasteiger partial charge in [-0.15, -0.1) is 0 Å². The number of imidazole rings is 1. The molecule has 2 aliphatic rings. The summed E-state index contributed by atoms with van der Waals surface area (Å²) in [5.41, 5.74) is 7.46. The molecule has 1 atom stereocenters. The number of primary amides is 1. The Hall–Kier alpha value is -4.72. The molecular formula is C34H33ClF4N6O4. The first-order valence-electron chi connectivity index (χ1n) is 15.5. The summed E-state index contributed by atoms with van der Waals surface area (Å²) < 4.78 is 61.0. The van der Waals surface area contributed by atoms with Gasteiger partial charge in [-0.1, -0.05) is 29.8 Å². The molecule has 0 unspecified atom stereocenters. The highest BCUT2D eigenvalue weighted by atomic mass is 35.5. The van der Waals surface area contributed by atoms with Crippen molar-refractivity contribution in [2.45, 2.75) is 70.7 Å². The smallest absolute Gasteiger partial charge is 0.416 e. The van der Waals surface area contributed by atoms with Gasteiger partial charge in [-0.25, -0.2) is 14.4 Å². The fourth-order valence-corrected chi connectivity index (χ4v) is 6.35. The Morgan fingerprint density at radius 1 is 1.06 bits per heavy atom. The first kappa shape index (κ1) is 34.2. The molecule has 0 saturated carbocycles. The van der Waals surface area contributed by atoms with E-state index in [9.17, 15) is 31.9 Å². The Labute approximate surface area is 283 Å². The van der Waals surface area contributed by atoms with Crippen molar-refractivity contribution in [2.75, 3.05) is 18.0 Å². The number of carbonyl (C=O) groups is 3. The van der Waals surface area contributed by atoms with Crippen LogP contribution in [0.15, 0.2) is 48.8 Å². The molecule has 15 heteroatoms. The number of benzene rings is 2. The summed E-state index contributed by atoms with van der Waals surface area (Å²) in [6.07, 6.45) is -4.14. The maximum atomic E-state index is 13.8. The number of hydrogen-bond donors (Lipinski definition) is 1. The molecule has 2 aliphatic heterocycles. The van der Waals surface area contributed by atoms with Crippen LogP contribution in [0.1, 0.15) is 60.7 Å². The number of fused-ring (bicyclic) bond motifs is 2. The van der Waals surface area contributed by atoms with Gasteiger partial charge in [0.15, 0.2) is 5.65 Å². The predicted octanol–water partition coefficient (Wildman–Crippen LogP) is 5.91. The molecule has 2 aromatic heterocycles. The van der Waals surface area contributed by atoms with E-state index in [2.05, 4.69) is 4.98 Å². The third-order valence-electron chi connectivity index (χ3n) is 8.41. The molecule has 0 aliphatic carbocycles. The van der Waals surface area contributed by atoms with Gasteiger partial charge in [-0.05, 0) is 62.6 Å². The number of nitrogens with two attached hydrogens (primary N) is 1. The van der Waals surface area contributed by atoms with E-state index in [4.69, 9.17) is 27.1 Å². The summed E-state index contributed by atoms with van der Waals surface area (Å²) in [7, 11) is 0. The van der Waals surface area contributed by atoms with Crippen LogP contribution in [0.3, 0.4) is 0 Å². The third kappa shape index (κ3) is 7.05. The Morgan fingerprint density at radius 2 is 1.78 bits per heavy atom. The zero-order valence-electron chi connectivity index (χ0n) is 26.9. The van der Waals surface area contributed by atoms with Crippen LogP contribution in [0.25, 0.3) is 22.3 Å². The summed E-state index contributed by atoms with van der Waals surface area (Å²) in [6.45, 7) is 5.79. The number of pyridine rings is 1. The normalized spacial score (nSPS) is 15.8. The van der Waals surface area contributed by atoms with Crippen LogP contribution in [0.5, 0.6) is 0 Å². The Kier molecular flexibility index (Phi) is 8.80. The average molecular weight is 701 g/mol. The maximum Gasteiger partial charge on any atom is 0.416 e. The average Bonchev–Trinajstić information content (AvgIpc) is 3.53. The van der Waals surface area contributed by atoms with Crippen molar-refractivity contribution in [3.05, 3.63) is 76.1 Å². The summed E-state index contributed by atoms with van der Waals surface area (Å²) in [4.78, 5) is 50.4. The number of halogens is 5. The summed E-state index contributed by atoms with van der Waals surface area (Å²) in [5, 5.41) is -0.122. The van der Waals surface area contributed by atoms with E-state index in [1.165, 1.54) is 11.0 Å². The topological polar surface area (TPSA) is 124 Å². The van der Waals surface area contributed by atoms with Crippen LogP contribution in [0.4, 0.5) is 23.4 Å². The van der Waals surface area contributed by atoms with Crippen LogP contribution in [-0.2, 0) is 33.6 Å². The van der Waals surface area contributed by atoms with Crippen LogP contribution in [0.2, 0.25) is 5.02 Å². The van der Waals surface area contributed by atoms with Gasteiger partial charge in [0.25, 0.3) is 5.91 Å². The highest BCUT2D eigenvalue weighted by Crippen LogP contribution is 2.39. The van der Waals surface area contributed by atoms with Crippen molar-refractivity contribution in [1.29, 1.82) is 0 Å². The van der Waals surface area contributed by atoms with Gasteiger partial charge >= 0.3 is 12.1 Å². The molecule has 10 nitrogen and oxygen atoms in total. The number of carbonyl (C=O) groups excluding carboxylic acids is 3. The number of hydrogen-bond acceptors (Lipinski definition) is 7. The molecule has 49 heavy (non-hydrogen) atoms.